The van der Waals surface area contributed by atoms with E-state index in [0.717, 1.165) is 6.26 Å². The molecule has 0 saturated carbocycles. The summed E-state index contributed by atoms with van der Waals surface area (Å²) in [5, 5.41) is 10.9. The fourth-order valence-corrected chi connectivity index (χ4v) is 4.85. The van der Waals surface area contributed by atoms with Gasteiger partial charge in [0.2, 0.25) is 5.91 Å². The molecule has 1 aliphatic heterocycles. The Morgan fingerprint density at radius 1 is 1.60 bits per heavy atom. The average Bonchev–Trinajstić information content (AvgIpc) is 2.43. The van der Waals surface area contributed by atoms with Gasteiger partial charge in [0, 0.05) is 24.3 Å². The molecule has 20 heavy (non-hydrogen) atoms. The van der Waals surface area contributed by atoms with E-state index in [4.69, 9.17) is 10.9 Å². The molecular formula is C11H21N3O4S2. The zero-order valence-corrected chi connectivity index (χ0v) is 13.5. The number of oxime groups is 1. The largest absolute Gasteiger partial charge is 0.409 e. The van der Waals surface area contributed by atoms with E-state index in [-0.39, 0.29) is 5.84 Å². The number of hydrogen-bond acceptors (Lipinski definition) is 6. The number of carbonyl (C=O) groups excluding carboxylic acids is 1. The topological polar surface area (TPSA) is 113 Å². The summed E-state index contributed by atoms with van der Waals surface area (Å²) in [6, 6.07) is 0. The van der Waals surface area contributed by atoms with Crippen LogP contribution in [0.2, 0.25) is 0 Å². The summed E-state index contributed by atoms with van der Waals surface area (Å²) in [5.41, 5.74) is 4.43. The monoisotopic (exact) mass is 323 g/mol. The summed E-state index contributed by atoms with van der Waals surface area (Å²) in [4.78, 5) is 14.0. The van der Waals surface area contributed by atoms with Gasteiger partial charge in [0.05, 0.1) is 0 Å². The zero-order valence-electron chi connectivity index (χ0n) is 11.9. The van der Waals surface area contributed by atoms with E-state index in [9.17, 15) is 13.2 Å². The second-order valence-corrected chi connectivity index (χ2v) is 8.38. The Morgan fingerprint density at radius 3 is 2.65 bits per heavy atom. The molecular weight excluding hydrogens is 302 g/mol. The van der Waals surface area contributed by atoms with Crippen molar-refractivity contribution in [3.8, 4) is 0 Å². The summed E-state index contributed by atoms with van der Waals surface area (Å²) in [6.07, 6.45) is 1.44. The quantitative estimate of drug-likeness (QED) is 0.328. The first-order valence-corrected chi connectivity index (χ1v) is 9.35. The van der Waals surface area contributed by atoms with Gasteiger partial charge in [-0.05, 0) is 13.3 Å². The number of thioether (sulfide) groups is 1. The summed E-state index contributed by atoms with van der Waals surface area (Å²) in [6.45, 7) is 3.64. The lowest BCUT2D eigenvalue weighted by Crippen LogP contribution is -2.57. The predicted octanol–water partition coefficient (Wildman–Crippen LogP) is 0.0952. The molecule has 1 fully saturated rings. The van der Waals surface area contributed by atoms with Gasteiger partial charge in [-0.1, -0.05) is 12.1 Å². The van der Waals surface area contributed by atoms with Crippen molar-refractivity contribution in [2.75, 3.05) is 24.3 Å². The molecule has 0 aliphatic carbocycles. The van der Waals surface area contributed by atoms with Gasteiger partial charge >= 0.3 is 0 Å². The van der Waals surface area contributed by atoms with Crippen LogP contribution in [0.25, 0.3) is 0 Å². The highest BCUT2D eigenvalue weighted by atomic mass is 32.2. The highest BCUT2D eigenvalue weighted by Gasteiger charge is 2.44. The van der Waals surface area contributed by atoms with Gasteiger partial charge in [0.15, 0.2) is 15.7 Å². The fraction of sp³-hybridized carbons (Fsp3) is 0.818. The maximum atomic E-state index is 12.7. The van der Waals surface area contributed by atoms with E-state index in [1.165, 1.54) is 16.7 Å². The summed E-state index contributed by atoms with van der Waals surface area (Å²) >= 11 is 1.50. The first-order chi connectivity index (χ1) is 9.18. The van der Waals surface area contributed by atoms with Crippen molar-refractivity contribution >= 4 is 33.3 Å². The molecule has 1 aliphatic rings. The van der Waals surface area contributed by atoms with Gasteiger partial charge in [0.1, 0.15) is 10.8 Å². The molecule has 1 heterocycles. The van der Waals surface area contributed by atoms with Gasteiger partial charge in [-0.3, -0.25) is 4.79 Å². The molecule has 0 radical (unpaired) electrons. The molecule has 2 atom stereocenters. The van der Waals surface area contributed by atoms with Crippen LogP contribution in [0.3, 0.4) is 0 Å². The summed E-state index contributed by atoms with van der Waals surface area (Å²) < 4.78 is 23.7. The van der Waals surface area contributed by atoms with Crippen LogP contribution >= 0.6 is 11.8 Å². The predicted molar refractivity (Wildman–Crippen MR) is 79.5 cm³/mol. The van der Waals surface area contributed by atoms with Gasteiger partial charge in [-0.2, -0.15) is 11.8 Å². The molecule has 1 saturated heterocycles. The van der Waals surface area contributed by atoms with Crippen molar-refractivity contribution in [3.63, 3.8) is 0 Å². The SMILES string of the molecule is CCC(C)(C(=O)N1CCSCC1S(C)(=O)=O)C(N)=NO. The number of rotatable bonds is 4. The molecule has 0 bridgehead atoms. The minimum absolute atomic E-state index is 0.199. The first kappa shape index (κ1) is 17.1. The minimum Gasteiger partial charge on any atom is -0.409 e. The summed E-state index contributed by atoms with van der Waals surface area (Å²) in [7, 11) is -3.38. The number of hydrogen-bond donors (Lipinski definition) is 2. The van der Waals surface area contributed by atoms with Crippen LogP contribution in [-0.2, 0) is 14.6 Å². The van der Waals surface area contributed by atoms with E-state index >= 15 is 0 Å². The molecule has 1 rings (SSSR count). The van der Waals surface area contributed by atoms with Gasteiger partial charge in [0.25, 0.3) is 0 Å². The van der Waals surface area contributed by atoms with Crippen molar-refractivity contribution in [2.24, 2.45) is 16.3 Å². The molecule has 0 aromatic heterocycles. The molecule has 9 heteroatoms. The smallest absolute Gasteiger partial charge is 0.237 e. The van der Waals surface area contributed by atoms with Crippen LogP contribution in [0.1, 0.15) is 20.3 Å². The molecule has 116 valence electrons. The molecule has 7 nitrogen and oxygen atoms in total. The summed E-state index contributed by atoms with van der Waals surface area (Å²) in [5.74, 6) is 0.412. The van der Waals surface area contributed by atoms with E-state index in [1.54, 1.807) is 13.8 Å². The van der Waals surface area contributed by atoms with Crippen molar-refractivity contribution in [3.05, 3.63) is 0 Å². The van der Waals surface area contributed by atoms with Crippen LogP contribution in [0.4, 0.5) is 0 Å². The second-order valence-electron chi connectivity index (χ2n) is 5.03. The first-order valence-electron chi connectivity index (χ1n) is 6.24. The number of amidine groups is 1. The molecule has 0 aromatic rings. The number of carbonyl (C=O) groups is 1. The average molecular weight is 323 g/mol. The number of nitrogens with two attached hydrogens (primary N) is 1. The number of nitrogens with zero attached hydrogens (tertiary/aromatic N) is 2. The Labute approximate surface area is 123 Å². The van der Waals surface area contributed by atoms with Crippen LogP contribution in [0.15, 0.2) is 5.16 Å². The normalized spacial score (nSPS) is 24.2. The lowest BCUT2D eigenvalue weighted by Gasteiger charge is -2.39. The van der Waals surface area contributed by atoms with E-state index in [0.29, 0.717) is 24.5 Å². The van der Waals surface area contributed by atoms with Crippen molar-refractivity contribution < 1.29 is 18.4 Å². The lowest BCUT2D eigenvalue weighted by molar-refractivity contribution is -0.138. The van der Waals surface area contributed by atoms with Gasteiger partial charge in [-0.25, -0.2) is 8.42 Å². The van der Waals surface area contributed by atoms with Crippen LogP contribution in [-0.4, -0.2) is 59.9 Å². The Kier molecular flexibility index (Phi) is 5.31. The van der Waals surface area contributed by atoms with E-state index in [2.05, 4.69) is 5.16 Å². The number of amides is 1. The van der Waals surface area contributed by atoms with Crippen LogP contribution < -0.4 is 5.73 Å². The van der Waals surface area contributed by atoms with Crippen LogP contribution in [0.5, 0.6) is 0 Å². The van der Waals surface area contributed by atoms with Gasteiger partial charge in [-0.15, -0.1) is 0 Å². The Morgan fingerprint density at radius 2 is 2.20 bits per heavy atom. The van der Waals surface area contributed by atoms with Crippen molar-refractivity contribution in [2.45, 2.75) is 25.6 Å². The maximum Gasteiger partial charge on any atom is 0.237 e. The number of sulfone groups is 1. The van der Waals surface area contributed by atoms with Gasteiger partial charge < -0.3 is 15.8 Å². The van der Waals surface area contributed by atoms with Crippen molar-refractivity contribution in [1.29, 1.82) is 0 Å². The third kappa shape index (κ3) is 3.20. The third-order valence-electron chi connectivity index (χ3n) is 3.69. The molecule has 0 spiro atoms. The standard InChI is InChI=1S/C11H21N3O4S2/c1-4-11(2,9(12)13-16)10(15)14-5-6-19-7-8(14)20(3,17)18/h8,16H,4-7H2,1-3H3,(H2,12,13). The molecule has 0 aromatic carbocycles. The zero-order chi connectivity index (χ0) is 15.6. The Hall–Kier alpha value is -0.960. The van der Waals surface area contributed by atoms with Crippen LogP contribution in [0, 0.1) is 5.41 Å². The Balaban J connectivity index is 3.16. The highest BCUT2D eigenvalue weighted by Crippen LogP contribution is 2.29. The lowest BCUT2D eigenvalue weighted by atomic mass is 9.84. The van der Waals surface area contributed by atoms with E-state index in [1.807, 2.05) is 0 Å². The third-order valence-corrected chi connectivity index (χ3v) is 6.34. The van der Waals surface area contributed by atoms with Crippen molar-refractivity contribution in [1.82, 2.24) is 4.90 Å². The second kappa shape index (κ2) is 6.21. The minimum atomic E-state index is -3.38. The molecule has 3 N–H and O–H groups in total. The van der Waals surface area contributed by atoms with E-state index < -0.39 is 26.5 Å². The Bertz CT molecular complexity index is 506. The maximum absolute atomic E-state index is 12.7. The molecule has 2 unspecified atom stereocenters. The fourth-order valence-electron chi connectivity index (χ4n) is 2.04. The molecule has 1 amide bonds. The highest BCUT2D eigenvalue weighted by molar-refractivity contribution is 8.00.